The summed E-state index contributed by atoms with van der Waals surface area (Å²) in [5, 5.41) is 13.2. The maximum atomic E-state index is 12.7. The molecular formula is C29H23N7O3S2. The molecule has 0 aliphatic heterocycles. The molecule has 1 amide bonds. The number of benzene rings is 3. The number of rotatable bonds is 8. The van der Waals surface area contributed by atoms with Gasteiger partial charge in [0, 0.05) is 34.7 Å². The highest BCUT2D eigenvalue weighted by molar-refractivity contribution is 7.89. The SMILES string of the molecule is NS(=O)(=O)c1ccc(Nc2nccc(-c3c(-c4cccc(NC(=O)Cc5ccccc5)c4)nc4sccn34)n2)cc1. The second-order valence-electron chi connectivity index (χ2n) is 9.12. The summed E-state index contributed by atoms with van der Waals surface area (Å²) < 4.78 is 25.1. The van der Waals surface area contributed by atoms with Crippen LogP contribution in [0.15, 0.2) is 108 Å². The van der Waals surface area contributed by atoms with Crippen molar-refractivity contribution in [2.45, 2.75) is 11.3 Å². The summed E-state index contributed by atoms with van der Waals surface area (Å²) >= 11 is 1.50. The van der Waals surface area contributed by atoms with Crippen molar-refractivity contribution in [1.82, 2.24) is 19.4 Å². The van der Waals surface area contributed by atoms with Crippen LogP contribution >= 0.6 is 11.3 Å². The maximum absolute atomic E-state index is 12.7. The van der Waals surface area contributed by atoms with E-state index in [4.69, 9.17) is 15.1 Å². The van der Waals surface area contributed by atoms with E-state index >= 15 is 0 Å². The quantitative estimate of drug-likeness (QED) is 0.227. The van der Waals surface area contributed by atoms with Gasteiger partial charge in [-0.3, -0.25) is 9.20 Å². The van der Waals surface area contributed by atoms with Crippen molar-refractivity contribution in [3.63, 3.8) is 0 Å². The number of thiazole rings is 1. The third-order valence-corrected chi connectivity index (χ3v) is 7.91. The van der Waals surface area contributed by atoms with E-state index in [2.05, 4.69) is 15.6 Å². The topological polar surface area (TPSA) is 144 Å². The molecule has 3 aromatic carbocycles. The highest BCUT2D eigenvalue weighted by Gasteiger charge is 2.19. The molecule has 0 radical (unpaired) electrons. The van der Waals surface area contributed by atoms with Gasteiger partial charge in [0.25, 0.3) is 0 Å². The van der Waals surface area contributed by atoms with E-state index in [1.807, 2.05) is 70.6 Å². The minimum atomic E-state index is -3.79. The van der Waals surface area contributed by atoms with Crippen molar-refractivity contribution >= 4 is 49.6 Å². The fourth-order valence-corrected chi connectivity index (χ4v) is 5.60. The summed E-state index contributed by atoms with van der Waals surface area (Å²) in [5.74, 6) is 0.215. The number of hydrogen-bond acceptors (Lipinski definition) is 8. The van der Waals surface area contributed by atoms with Gasteiger partial charge in [0.05, 0.1) is 22.7 Å². The van der Waals surface area contributed by atoms with Crippen molar-refractivity contribution in [2.75, 3.05) is 10.6 Å². The molecule has 3 heterocycles. The molecule has 12 heteroatoms. The smallest absolute Gasteiger partial charge is 0.238 e. The van der Waals surface area contributed by atoms with Crippen molar-refractivity contribution in [3.05, 3.63) is 108 Å². The average molecular weight is 582 g/mol. The van der Waals surface area contributed by atoms with Gasteiger partial charge in [-0.1, -0.05) is 42.5 Å². The Kier molecular flexibility index (Phi) is 7.01. The number of nitrogens with two attached hydrogens (primary N) is 1. The number of sulfonamides is 1. The number of anilines is 3. The molecule has 0 spiro atoms. The van der Waals surface area contributed by atoms with Gasteiger partial charge in [-0.15, -0.1) is 11.3 Å². The van der Waals surface area contributed by atoms with E-state index in [-0.39, 0.29) is 17.2 Å². The second kappa shape index (κ2) is 10.9. The van der Waals surface area contributed by atoms with E-state index in [1.54, 1.807) is 24.4 Å². The van der Waals surface area contributed by atoms with Crippen molar-refractivity contribution in [2.24, 2.45) is 5.14 Å². The molecule has 0 aliphatic rings. The summed E-state index contributed by atoms with van der Waals surface area (Å²) in [7, 11) is -3.79. The molecule has 4 N–H and O–H groups in total. The first-order chi connectivity index (χ1) is 19.8. The first-order valence-electron chi connectivity index (χ1n) is 12.5. The number of nitrogens with zero attached hydrogens (tertiary/aromatic N) is 4. The van der Waals surface area contributed by atoms with Gasteiger partial charge in [-0.25, -0.2) is 28.5 Å². The van der Waals surface area contributed by atoms with E-state index in [9.17, 15) is 13.2 Å². The van der Waals surface area contributed by atoms with Crippen LogP contribution in [0.1, 0.15) is 5.56 Å². The highest BCUT2D eigenvalue weighted by atomic mass is 32.2. The molecule has 0 aliphatic carbocycles. The molecule has 3 aromatic heterocycles. The minimum Gasteiger partial charge on any atom is -0.326 e. The Morgan fingerprint density at radius 3 is 2.51 bits per heavy atom. The molecule has 0 saturated carbocycles. The van der Waals surface area contributed by atoms with Crippen molar-refractivity contribution in [3.8, 4) is 22.6 Å². The Morgan fingerprint density at radius 2 is 1.73 bits per heavy atom. The molecule has 204 valence electrons. The zero-order valence-corrected chi connectivity index (χ0v) is 23.1. The predicted octanol–water partition coefficient (Wildman–Crippen LogP) is 5.09. The Balaban J connectivity index is 1.30. The average Bonchev–Trinajstić information content (AvgIpc) is 3.55. The lowest BCUT2D eigenvalue weighted by molar-refractivity contribution is -0.115. The second-order valence-corrected chi connectivity index (χ2v) is 11.6. The van der Waals surface area contributed by atoms with Gasteiger partial charge in [-0.05, 0) is 48.0 Å². The van der Waals surface area contributed by atoms with Gasteiger partial charge in [0.15, 0.2) is 4.96 Å². The largest absolute Gasteiger partial charge is 0.326 e. The molecule has 6 aromatic rings. The fraction of sp³-hybridized carbons (Fsp3) is 0.0345. The number of primary sulfonamides is 1. The molecule has 41 heavy (non-hydrogen) atoms. The molecule has 0 unspecified atom stereocenters. The van der Waals surface area contributed by atoms with Gasteiger partial charge in [0.1, 0.15) is 5.69 Å². The number of fused-ring (bicyclic) bond motifs is 1. The molecular weight excluding hydrogens is 558 g/mol. The van der Waals surface area contributed by atoms with Gasteiger partial charge >= 0.3 is 0 Å². The number of aromatic nitrogens is 4. The van der Waals surface area contributed by atoms with E-state index in [0.717, 1.165) is 21.8 Å². The first kappa shape index (κ1) is 26.3. The summed E-state index contributed by atoms with van der Waals surface area (Å²) in [6, 6.07) is 24.9. The Bertz CT molecular complexity index is 1970. The third-order valence-electron chi connectivity index (χ3n) is 6.23. The number of nitrogens with one attached hydrogen (secondary N) is 2. The zero-order valence-electron chi connectivity index (χ0n) is 21.4. The van der Waals surface area contributed by atoms with Gasteiger partial charge in [-0.2, -0.15) is 0 Å². The van der Waals surface area contributed by atoms with Crippen LogP contribution in [0, 0.1) is 0 Å². The number of carbonyl (C=O) groups excluding carboxylic acids is 1. The molecule has 0 fully saturated rings. The van der Waals surface area contributed by atoms with Crippen LogP contribution in [0.5, 0.6) is 0 Å². The Labute approximate surface area is 239 Å². The molecule has 0 atom stereocenters. The summed E-state index contributed by atoms with van der Waals surface area (Å²) in [5.41, 5.74) is 5.12. The normalized spacial score (nSPS) is 11.4. The van der Waals surface area contributed by atoms with Crippen LogP contribution in [0.25, 0.3) is 27.6 Å². The predicted molar refractivity (Wildman–Crippen MR) is 159 cm³/mol. The number of imidazole rings is 1. The molecule has 6 rings (SSSR count). The van der Waals surface area contributed by atoms with Crippen LogP contribution in [-0.2, 0) is 21.2 Å². The van der Waals surface area contributed by atoms with Crippen LogP contribution < -0.4 is 15.8 Å². The van der Waals surface area contributed by atoms with E-state index < -0.39 is 10.0 Å². The zero-order chi connectivity index (χ0) is 28.4. The van der Waals surface area contributed by atoms with Crippen LogP contribution in [-0.4, -0.2) is 33.7 Å². The van der Waals surface area contributed by atoms with E-state index in [1.165, 1.54) is 23.5 Å². The molecule has 10 nitrogen and oxygen atoms in total. The standard InChI is InChI=1S/C29H23N7O3S2/c30-41(38,39)23-11-9-21(10-12-23)33-28-31-14-13-24(34-28)27-26(35-29-36(27)15-16-40-29)20-7-4-8-22(18-20)32-25(37)17-19-5-2-1-3-6-19/h1-16,18H,17H2,(H,32,37)(H2,30,38,39)(H,31,33,34). The summed E-state index contributed by atoms with van der Waals surface area (Å²) in [6.45, 7) is 0. The van der Waals surface area contributed by atoms with Gasteiger partial charge < -0.3 is 10.6 Å². The summed E-state index contributed by atoms with van der Waals surface area (Å²) in [4.78, 5) is 27.4. The van der Waals surface area contributed by atoms with Gasteiger partial charge in [0.2, 0.25) is 21.9 Å². The Morgan fingerprint density at radius 1 is 0.927 bits per heavy atom. The van der Waals surface area contributed by atoms with Crippen molar-refractivity contribution < 1.29 is 13.2 Å². The number of amides is 1. The fourth-order valence-electron chi connectivity index (χ4n) is 4.37. The lowest BCUT2D eigenvalue weighted by Crippen LogP contribution is -2.14. The van der Waals surface area contributed by atoms with E-state index in [0.29, 0.717) is 28.7 Å². The third kappa shape index (κ3) is 5.84. The van der Waals surface area contributed by atoms with Crippen LogP contribution in [0.3, 0.4) is 0 Å². The highest BCUT2D eigenvalue weighted by Crippen LogP contribution is 2.34. The number of hydrogen-bond donors (Lipinski definition) is 3. The minimum absolute atomic E-state index is 0.0138. The lowest BCUT2D eigenvalue weighted by Gasteiger charge is -2.10. The lowest BCUT2D eigenvalue weighted by atomic mass is 10.1. The van der Waals surface area contributed by atoms with Crippen molar-refractivity contribution in [1.29, 1.82) is 0 Å². The maximum Gasteiger partial charge on any atom is 0.238 e. The molecule has 0 bridgehead atoms. The number of carbonyl (C=O) groups is 1. The first-order valence-corrected chi connectivity index (χ1v) is 14.9. The summed E-state index contributed by atoms with van der Waals surface area (Å²) in [6.07, 6.45) is 3.84. The Hall–Kier alpha value is -4.91. The van der Waals surface area contributed by atoms with Crippen LogP contribution in [0.4, 0.5) is 17.3 Å². The monoisotopic (exact) mass is 581 g/mol. The van der Waals surface area contributed by atoms with Crippen LogP contribution in [0.2, 0.25) is 0 Å². The molecule has 0 saturated heterocycles.